The summed E-state index contributed by atoms with van der Waals surface area (Å²) in [5, 5.41) is 2.72. The number of amides is 1. The maximum Gasteiger partial charge on any atom is 0.262 e. The highest BCUT2D eigenvalue weighted by atomic mass is 16.5. The van der Waals surface area contributed by atoms with E-state index in [1.165, 1.54) is 0 Å². The fourth-order valence-electron chi connectivity index (χ4n) is 1.69. The average Bonchev–Trinajstić information content (AvgIpc) is 2.48. The smallest absolute Gasteiger partial charge is 0.262 e. The second kappa shape index (κ2) is 6.52. The minimum absolute atomic E-state index is 0.140. The van der Waals surface area contributed by atoms with E-state index < -0.39 is 0 Å². The van der Waals surface area contributed by atoms with Crippen molar-refractivity contribution >= 4 is 17.9 Å². The van der Waals surface area contributed by atoms with Crippen molar-refractivity contribution in [3.05, 3.63) is 59.7 Å². The van der Waals surface area contributed by atoms with Crippen LogP contribution in [0.25, 0.3) is 0 Å². The van der Waals surface area contributed by atoms with Crippen molar-refractivity contribution in [2.45, 2.75) is 6.92 Å². The highest BCUT2D eigenvalue weighted by Gasteiger charge is 2.06. The molecule has 4 nitrogen and oxygen atoms in total. The molecule has 20 heavy (non-hydrogen) atoms. The Labute approximate surface area is 117 Å². The first kappa shape index (κ1) is 13.8. The Balaban J connectivity index is 1.92. The average molecular weight is 269 g/mol. The first-order chi connectivity index (χ1) is 9.69. The largest absolute Gasteiger partial charge is 0.483 e. The molecule has 0 radical (unpaired) electrons. The van der Waals surface area contributed by atoms with Crippen LogP contribution in [0.2, 0.25) is 0 Å². The summed E-state index contributed by atoms with van der Waals surface area (Å²) in [6, 6.07) is 14.3. The van der Waals surface area contributed by atoms with E-state index in [1.807, 2.05) is 31.2 Å². The van der Waals surface area contributed by atoms with Crippen LogP contribution in [0.3, 0.4) is 0 Å². The summed E-state index contributed by atoms with van der Waals surface area (Å²) in [5.41, 5.74) is 2.27. The number of para-hydroxylation sites is 1. The van der Waals surface area contributed by atoms with Gasteiger partial charge in [-0.05, 0) is 31.2 Å². The lowest BCUT2D eigenvalue weighted by Crippen LogP contribution is -2.20. The van der Waals surface area contributed by atoms with Crippen molar-refractivity contribution in [2.75, 3.05) is 11.9 Å². The summed E-state index contributed by atoms with van der Waals surface area (Å²) in [7, 11) is 0. The van der Waals surface area contributed by atoms with E-state index in [2.05, 4.69) is 5.32 Å². The highest BCUT2D eigenvalue weighted by Crippen LogP contribution is 2.15. The Kier molecular flexibility index (Phi) is 4.50. The molecule has 0 bridgehead atoms. The molecule has 0 aliphatic carbocycles. The molecule has 0 aliphatic heterocycles. The van der Waals surface area contributed by atoms with Crippen LogP contribution in [0.1, 0.15) is 15.9 Å². The molecular formula is C16H15NO3. The molecule has 2 rings (SSSR count). The van der Waals surface area contributed by atoms with E-state index in [4.69, 9.17) is 4.74 Å². The second-order valence-corrected chi connectivity index (χ2v) is 4.36. The topological polar surface area (TPSA) is 55.4 Å². The maximum absolute atomic E-state index is 11.7. The zero-order valence-corrected chi connectivity index (χ0v) is 11.1. The molecule has 0 fully saturated rings. The molecule has 0 spiro atoms. The van der Waals surface area contributed by atoms with Gasteiger partial charge in [0.2, 0.25) is 0 Å². The van der Waals surface area contributed by atoms with Gasteiger partial charge in [0.15, 0.2) is 12.9 Å². The summed E-state index contributed by atoms with van der Waals surface area (Å²) in [6.07, 6.45) is 0.702. The number of rotatable bonds is 5. The van der Waals surface area contributed by atoms with E-state index in [1.54, 1.807) is 24.3 Å². The highest BCUT2D eigenvalue weighted by molar-refractivity contribution is 5.92. The standard InChI is InChI=1S/C16H15NO3/c1-12-6-8-14(9-7-12)17-16(19)11-20-15-5-3-2-4-13(15)10-18/h2-10H,11H2,1H3,(H,17,19). The van der Waals surface area contributed by atoms with Gasteiger partial charge in [0.05, 0.1) is 5.56 Å². The zero-order valence-electron chi connectivity index (χ0n) is 11.1. The molecule has 2 aromatic carbocycles. The summed E-state index contributed by atoms with van der Waals surface area (Å²) in [4.78, 5) is 22.6. The van der Waals surface area contributed by atoms with Crippen LogP contribution in [-0.4, -0.2) is 18.8 Å². The molecule has 2 aromatic rings. The van der Waals surface area contributed by atoms with Crippen LogP contribution in [0.5, 0.6) is 5.75 Å². The van der Waals surface area contributed by atoms with Gasteiger partial charge in [-0.3, -0.25) is 9.59 Å². The fraction of sp³-hybridized carbons (Fsp3) is 0.125. The predicted octanol–water partition coefficient (Wildman–Crippen LogP) is 2.83. The number of ether oxygens (including phenoxy) is 1. The van der Waals surface area contributed by atoms with Gasteiger partial charge < -0.3 is 10.1 Å². The molecule has 0 saturated heterocycles. The monoisotopic (exact) mass is 269 g/mol. The van der Waals surface area contributed by atoms with Gasteiger partial charge in [-0.25, -0.2) is 0 Å². The maximum atomic E-state index is 11.7. The molecule has 0 unspecified atom stereocenters. The Hall–Kier alpha value is -2.62. The van der Waals surface area contributed by atoms with Gasteiger partial charge in [-0.2, -0.15) is 0 Å². The van der Waals surface area contributed by atoms with Crippen molar-refractivity contribution < 1.29 is 14.3 Å². The third-order valence-electron chi connectivity index (χ3n) is 2.74. The van der Waals surface area contributed by atoms with E-state index in [0.29, 0.717) is 23.3 Å². The van der Waals surface area contributed by atoms with E-state index in [-0.39, 0.29) is 12.5 Å². The van der Waals surface area contributed by atoms with E-state index >= 15 is 0 Å². The van der Waals surface area contributed by atoms with Crippen LogP contribution in [0.4, 0.5) is 5.69 Å². The number of aryl methyl sites for hydroxylation is 1. The predicted molar refractivity (Wildman–Crippen MR) is 77.1 cm³/mol. The molecule has 102 valence electrons. The Bertz CT molecular complexity index is 605. The van der Waals surface area contributed by atoms with Crippen molar-refractivity contribution in [2.24, 2.45) is 0 Å². The van der Waals surface area contributed by atoms with Crippen LogP contribution in [-0.2, 0) is 4.79 Å². The molecule has 0 aliphatic rings. The van der Waals surface area contributed by atoms with Crippen molar-refractivity contribution in [3.8, 4) is 5.75 Å². The van der Waals surface area contributed by atoms with E-state index in [0.717, 1.165) is 5.56 Å². The van der Waals surface area contributed by atoms with E-state index in [9.17, 15) is 9.59 Å². The van der Waals surface area contributed by atoms with Crippen LogP contribution < -0.4 is 10.1 Å². The fourth-order valence-corrected chi connectivity index (χ4v) is 1.69. The minimum atomic E-state index is -0.269. The van der Waals surface area contributed by atoms with Crippen LogP contribution >= 0.6 is 0 Å². The lowest BCUT2D eigenvalue weighted by molar-refractivity contribution is -0.118. The van der Waals surface area contributed by atoms with Crippen molar-refractivity contribution in [1.29, 1.82) is 0 Å². The molecule has 0 heterocycles. The lowest BCUT2D eigenvalue weighted by atomic mass is 10.2. The molecule has 1 amide bonds. The van der Waals surface area contributed by atoms with Gasteiger partial charge in [-0.15, -0.1) is 0 Å². The van der Waals surface area contributed by atoms with Crippen molar-refractivity contribution in [1.82, 2.24) is 0 Å². The first-order valence-corrected chi connectivity index (χ1v) is 6.22. The molecule has 4 heteroatoms. The Morgan fingerprint density at radius 1 is 1.15 bits per heavy atom. The summed E-state index contributed by atoms with van der Waals surface area (Å²) >= 11 is 0. The molecule has 0 atom stereocenters. The minimum Gasteiger partial charge on any atom is -0.483 e. The van der Waals surface area contributed by atoms with Gasteiger partial charge in [-0.1, -0.05) is 29.8 Å². The zero-order chi connectivity index (χ0) is 14.4. The summed E-state index contributed by atoms with van der Waals surface area (Å²) in [6.45, 7) is 1.84. The molecule has 0 aromatic heterocycles. The quantitative estimate of drug-likeness (QED) is 0.849. The molecule has 1 N–H and O–H groups in total. The molecular weight excluding hydrogens is 254 g/mol. The molecule has 0 saturated carbocycles. The number of carbonyl (C=O) groups is 2. The third kappa shape index (κ3) is 3.68. The summed E-state index contributed by atoms with van der Waals surface area (Å²) in [5.74, 6) is 0.135. The number of anilines is 1. The van der Waals surface area contributed by atoms with Gasteiger partial charge >= 0.3 is 0 Å². The Morgan fingerprint density at radius 3 is 2.55 bits per heavy atom. The normalized spacial score (nSPS) is 9.85. The van der Waals surface area contributed by atoms with Gasteiger partial charge in [0.1, 0.15) is 5.75 Å². The number of nitrogens with one attached hydrogen (secondary N) is 1. The number of hydrogen-bond acceptors (Lipinski definition) is 3. The first-order valence-electron chi connectivity index (χ1n) is 6.22. The summed E-state index contributed by atoms with van der Waals surface area (Å²) < 4.78 is 5.34. The van der Waals surface area contributed by atoms with Crippen molar-refractivity contribution in [3.63, 3.8) is 0 Å². The Morgan fingerprint density at radius 2 is 1.85 bits per heavy atom. The van der Waals surface area contributed by atoms with Crippen LogP contribution in [0.15, 0.2) is 48.5 Å². The number of hydrogen-bond donors (Lipinski definition) is 1. The SMILES string of the molecule is Cc1ccc(NC(=O)COc2ccccc2C=O)cc1. The third-order valence-corrected chi connectivity index (χ3v) is 2.74. The number of benzene rings is 2. The number of aldehydes is 1. The van der Waals surface area contributed by atoms with Gasteiger partial charge in [0.25, 0.3) is 5.91 Å². The van der Waals surface area contributed by atoms with Gasteiger partial charge in [0, 0.05) is 5.69 Å². The lowest BCUT2D eigenvalue weighted by Gasteiger charge is -2.09. The number of carbonyl (C=O) groups excluding carboxylic acids is 2. The second-order valence-electron chi connectivity index (χ2n) is 4.36. The van der Waals surface area contributed by atoms with Crippen LogP contribution in [0, 0.1) is 6.92 Å².